The molecule has 0 bridgehead atoms. The van der Waals surface area contributed by atoms with E-state index in [1.54, 1.807) is 25.1 Å². The van der Waals surface area contributed by atoms with Gasteiger partial charge in [0.15, 0.2) is 0 Å². The van der Waals surface area contributed by atoms with Crippen LogP contribution in [0.5, 0.6) is 0 Å². The molecular formula is C22H33N5O2S. The van der Waals surface area contributed by atoms with E-state index < -0.39 is 0 Å². The number of aromatic nitrogens is 2. The number of hydrogen-bond acceptors (Lipinski definition) is 4. The maximum absolute atomic E-state index is 12.6. The van der Waals surface area contributed by atoms with Crippen LogP contribution in [0.25, 0.3) is 0 Å². The first-order chi connectivity index (χ1) is 14.0. The SMILES string of the molecule is CC(C)c1cccc(C(C)C)c1NC(=O)NSc1cc(C(=O)N(C)C(C)C)n(C)n1. The van der Waals surface area contributed by atoms with Gasteiger partial charge >= 0.3 is 6.03 Å². The second kappa shape index (κ2) is 10.0. The monoisotopic (exact) mass is 431 g/mol. The molecule has 30 heavy (non-hydrogen) atoms. The molecule has 1 heterocycles. The fourth-order valence-corrected chi connectivity index (χ4v) is 3.62. The molecule has 164 valence electrons. The zero-order chi connectivity index (χ0) is 22.6. The van der Waals surface area contributed by atoms with Crippen molar-refractivity contribution in [2.75, 3.05) is 12.4 Å². The first kappa shape index (κ1) is 23.8. The van der Waals surface area contributed by atoms with Crippen LogP contribution in [0.1, 0.15) is 75.0 Å². The highest BCUT2D eigenvalue weighted by atomic mass is 32.2. The number of benzene rings is 1. The van der Waals surface area contributed by atoms with E-state index in [4.69, 9.17) is 0 Å². The Balaban J connectivity index is 2.11. The van der Waals surface area contributed by atoms with Gasteiger partial charge in [0.05, 0.1) is 0 Å². The first-order valence-corrected chi connectivity index (χ1v) is 11.0. The summed E-state index contributed by atoms with van der Waals surface area (Å²) in [5.74, 6) is 0.464. The Morgan fingerprint density at radius 2 is 1.63 bits per heavy atom. The number of carbonyl (C=O) groups is 2. The quantitative estimate of drug-likeness (QED) is 0.606. The number of anilines is 1. The van der Waals surface area contributed by atoms with Gasteiger partial charge < -0.3 is 10.2 Å². The van der Waals surface area contributed by atoms with E-state index in [9.17, 15) is 9.59 Å². The van der Waals surface area contributed by atoms with Crippen LogP contribution in [-0.2, 0) is 7.05 Å². The lowest BCUT2D eigenvalue weighted by Crippen LogP contribution is -2.34. The number of aryl methyl sites for hydroxylation is 1. The van der Waals surface area contributed by atoms with Gasteiger partial charge in [-0.15, -0.1) is 0 Å². The number of hydrogen-bond donors (Lipinski definition) is 2. The molecule has 1 aromatic heterocycles. The van der Waals surface area contributed by atoms with E-state index >= 15 is 0 Å². The Hall–Kier alpha value is -2.48. The van der Waals surface area contributed by atoms with Crippen molar-refractivity contribution >= 4 is 29.6 Å². The van der Waals surface area contributed by atoms with E-state index in [0.29, 0.717) is 10.7 Å². The second-order valence-electron chi connectivity index (χ2n) is 8.28. The van der Waals surface area contributed by atoms with Crippen LogP contribution in [0.3, 0.4) is 0 Å². The summed E-state index contributed by atoms with van der Waals surface area (Å²) in [6, 6.07) is 7.57. The molecule has 0 spiro atoms. The summed E-state index contributed by atoms with van der Waals surface area (Å²) in [4.78, 5) is 26.8. The Labute approximate surface area is 183 Å². The number of nitrogens with one attached hydrogen (secondary N) is 2. The lowest BCUT2D eigenvalue weighted by Gasteiger charge is -2.21. The summed E-state index contributed by atoms with van der Waals surface area (Å²) in [5, 5.41) is 7.89. The minimum atomic E-state index is -0.326. The van der Waals surface area contributed by atoms with Gasteiger partial charge in [-0.25, -0.2) is 4.79 Å². The molecule has 0 atom stereocenters. The van der Waals surface area contributed by atoms with Crippen molar-refractivity contribution in [2.45, 2.75) is 64.4 Å². The molecule has 0 fully saturated rings. The zero-order valence-electron chi connectivity index (χ0n) is 19.1. The fraction of sp³-hybridized carbons (Fsp3) is 0.500. The molecule has 0 saturated carbocycles. The number of urea groups is 1. The van der Waals surface area contributed by atoms with E-state index in [-0.39, 0.29) is 29.8 Å². The number of para-hydroxylation sites is 1. The molecule has 0 aliphatic carbocycles. The zero-order valence-corrected chi connectivity index (χ0v) is 19.9. The van der Waals surface area contributed by atoms with Gasteiger partial charge in [0.2, 0.25) is 0 Å². The predicted molar refractivity (Wildman–Crippen MR) is 123 cm³/mol. The maximum Gasteiger partial charge on any atom is 0.329 e. The number of amides is 3. The highest BCUT2D eigenvalue weighted by molar-refractivity contribution is 7.97. The average Bonchev–Trinajstić information content (AvgIpc) is 3.05. The van der Waals surface area contributed by atoms with Gasteiger partial charge in [0, 0.05) is 43.8 Å². The standard InChI is InChI=1S/C22H33N5O2S/c1-13(2)16-10-9-11-17(14(3)4)20(16)23-22(29)25-30-19-12-18(27(8)24-19)21(28)26(7)15(5)6/h9-15H,1-8H3,(H2,23,25,29). The Morgan fingerprint density at radius 3 is 2.13 bits per heavy atom. The van der Waals surface area contributed by atoms with E-state index in [0.717, 1.165) is 28.8 Å². The molecule has 8 heteroatoms. The van der Waals surface area contributed by atoms with Crippen molar-refractivity contribution in [1.29, 1.82) is 0 Å². The van der Waals surface area contributed by atoms with E-state index in [1.807, 2.05) is 32.0 Å². The second-order valence-corrected chi connectivity index (χ2v) is 9.11. The Kier molecular flexibility index (Phi) is 7.95. The Bertz CT molecular complexity index is 879. The topological polar surface area (TPSA) is 79.3 Å². The molecule has 7 nitrogen and oxygen atoms in total. The van der Waals surface area contributed by atoms with Crippen LogP contribution in [0.2, 0.25) is 0 Å². The molecule has 0 unspecified atom stereocenters. The summed E-state index contributed by atoms with van der Waals surface area (Å²) in [6.07, 6.45) is 0. The van der Waals surface area contributed by atoms with Crippen molar-refractivity contribution in [3.63, 3.8) is 0 Å². The molecule has 0 aliphatic rings. The summed E-state index contributed by atoms with van der Waals surface area (Å²) in [7, 11) is 3.48. The number of nitrogens with zero attached hydrogens (tertiary/aromatic N) is 3. The molecule has 1 aromatic carbocycles. The normalized spacial score (nSPS) is 11.3. The third kappa shape index (κ3) is 5.56. The third-order valence-electron chi connectivity index (χ3n) is 5.03. The molecule has 0 radical (unpaired) electrons. The highest BCUT2D eigenvalue weighted by Gasteiger charge is 2.20. The third-order valence-corrected chi connectivity index (χ3v) is 5.73. The smallest absolute Gasteiger partial charge is 0.329 e. The van der Waals surface area contributed by atoms with E-state index in [2.05, 4.69) is 42.8 Å². The summed E-state index contributed by atoms with van der Waals surface area (Å²) < 4.78 is 4.31. The lowest BCUT2D eigenvalue weighted by atomic mass is 9.93. The minimum absolute atomic E-state index is 0.0867. The van der Waals surface area contributed by atoms with Gasteiger partial charge in [0.25, 0.3) is 5.91 Å². The van der Waals surface area contributed by atoms with Gasteiger partial charge in [-0.2, -0.15) is 5.10 Å². The average molecular weight is 432 g/mol. The summed E-state index contributed by atoms with van der Waals surface area (Å²) in [6.45, 7) is 12.3. The molecule has 2 aromatic rings. The van der Waals surface area contributed by atoms with Gasteiger partial charge in [-0.3, -0.25) is 14.2 Å². The van der Waals surface area contributed by atoms with Crippen LogP contribution in [0, 0.1) is 0 Å². The molecule has 3 amide bonds. The van der Waals surface area contributed by atoms with Gasteiger partial charge in [0.1, 0.15) is 10.7 Å². The number of carbonyl (C=O) groups excluding carboxylic acids is 2. The van der Waals surface area contributed by atoms with Gasteiger partial charge in [-0.1, -0.05) is 45.9 Å². The lowest BCUT2D eigenvalue weighted by molar-refractivity contribution is 0.0744. The Morgan fingerprint density at radius 1 is 1.07 bits per heavy atom. The number of rotatable bonds is 7. The van der Waals surface area contributed by atoms with Crippen molar-refractivity contribution in [3.8, 4) is 0 Å². The summed E-state index contributed by atoms with van der Waals surface area (Å²) >= 11 is 1.08. The van der Waals surface area contributed by atoms with Crippen LogP contribution in [0.15, 0.2) is 29.3 Å². The van der Waals surface area contributed by atoms with Crippen LogP contribution >= 0.6 is 11.9 Å². The maximum atomic E-state index is 12.6. The van der Waals surface area contributed by atoms with Crippen molar-refractivity contribution in [1.82, 2.24) is 19.4 Å². The fourth-order valence-electron chi connectivity index (χ4n) is 3.04. The van der Waals surface area contributed by atoms with Crippen molar-refractivity contribution in [3.05, 3.63) is 41.1 Å². The molecule has 0 aliphatic heterocycles. The van der Waals surface area contributed by atoms with Crippen molar-refractivity contribution in [2.24, 2.45) is 7.05 Å². The van der Waals surface area contributed by atoms with Gasteiger partial charge in [-0.05, 0) is 36.8 Å². The van der Waals surface area contributed by atoms with Crippen LogP contribution in [0.4, 0.5) is 10.5 Å². The predicted octanol–water partition coefficient (Wildman–Crippen LogP) is 4.98. The molecule has 2 N–H and O–H groups in total. The highest BCUT2D eigenvalue weighted by Crippen LogP contribution is 2.32. The molecule has 2 rings (SSSR count). The van der Waals surface area contributed by atoms with Crippen LogP contribution < -0.4 is 10.0 Å². The molecular weight excluding hydrogens is 398 g/mol. The first-order valence-electron chi connectivity index (χ1n) is 10.2. The van der Waals surface area contributed by atoms with Crippen LogP contribution in [-0.4, -0.2) is 39.7 Å². The largest absolute Gasteiger partial charge is 0.338 e. The molecule has 0 saturated heterocycles. The van der Waals surface area contributed by atoms with E-state index in [1.165, 1.54) is 4.68 Å². The minimum Gasteiger partial charge on any atom is -0.338 e. The van der Waals surface area contributed by atoms with Crippen molar-refractivity contribution < 1.29 is 9.59 Å². The summed E-state index contributed by atoms with van der Waals surface area (Å²) in [5.41, 5.74) is 3.53.